The van der Waals surface area contributed by atoms with E-state index in [1.165, 1.54) is 0 Å². The molecule has 0 bridgehead atoms. The molecule has 0 radical (unpaired) electrons. The molecule has 74 valence electrons. The van der Waals surface area contributed by atoms with Crippen molar-refractivity contribution in [3.8, 4) is 6.07 Å². The Morgan fingerprint density at radius 3 is 3.00 bits per heavy atom. The molecule has 0 aliphatic rings. The van der Waals surface area contributed by atoms with Crippen LogP contribution in [-0.2, 0) is 0 Å². The molecule has 1 N–H and O–H groups in total. The van der Waals surface area contributed by atoms with E-state index in [-0.39, 0.29) is 11.8 Å². The molecule has 0 aromatic carbocycles. The smallest absolute Gasteiger partial charge is 0.252 e. The predicted octanol–water partition coefficient (Wildman–Crippen LogP) is 1.95. The minimum absolute atomic E-state index is 0.101. The van der Waals surface area contributed by atoms with Gasteiger partial charge in [0.25, 0.3) is 5.91 Å². The number of amides is 1. The fourth-order valence-corrected chi connectivity index (χ4v) is 1.64. The summed E-state index contributed by atoms with van der Waals surface area (Å²) in [6, 6.07) is 3.91. The van der Waals surface area contributed by atoms with Gasteiger partial charge in [0.05, 0.1) is 17.6 Å². The normalized spacial score (nSPS) is 11.8. The zero-order chi connectivity index (χ0) is 10.6. The minimum Gasteiger partial charge on any atom is -0.351 e. The van der Waals surface area contributed by atoms with Crippen LogP contribution in [-0.4, -0.2) is 12.5 Å². The maximum absolute atomic E-state index is 11.5. The van der Waals surface area contributed by atoms with Gasteiger partial charge in [0.15, 0.2) is 0 Å². The van der Waals surface area contributed by atoms with Crippen LogP contribution in [0.3, 0.4) is 0 Å². The van der Waals surface area contributed by atoms with Crippen LogP contribution in [0.1, 0.15) is 22.2 Å². The molecule has 0 saturated heterocycles. The highest BCUT2D eigenvalue weighted by atomic mass is 32.1. The fourth-order valence-electron chi connectivity index (χ4n) is 0.956. The zero-order valence-corrected chi connectivity index (χ0v) is 9.02. The van der Waals surface area contributed by atoms with Crippen molar-refractivity contribution in [1.29, 1.82) is 5.26 Å². The Labute approximate surface area is 87.4 Å². The lowest BCUT2D eigenvalue weighted by Crippen LogP contribution is -2.27. The minimum atomic E-state index is -0.140. The third kappa shape index (κ3) is 2.86. The molecule has 0 aliphatic heterocycles. The van der Waals surface area contributed by atoms with Crippen LogP contribution in [0.4, 0.5) is 0 Å². The van der Waals surface area contributed by atoms with Crippen molar-refractivity contribution in [2.75, 3.05) is 6.54 Å². The van der Waals surface area contributed by atoms with Crippen molar-refractivity contribution in [2.24, 2.45) is 5.92 Å². The SMILES string of the molecule is Cc1cc(C(=O)NCC(C)C#N)cs1. The van der Waals surface area contributed by atoms with Crippen molar-refractivity contribution in [3.05, 3.63) is 21.9 Å². The number of hydrogen-bond acceptors (Lipinski definition) is 3. The molecule has 0 saturated carbocycles. The van der Waals surface area contributed by atoms with E-state index < -0.39 is 0 Å². The van der Waals surface area contributed by atoms with E-state index >= 15 is 0 Å². The molecule has 1 rings (SSSR count). The highest BCUT2D eigenvalue weighted by Gasteiger charge is 2.08. The van der Waals surface area contributed by atoms with Crippen LogP contribution in [0, 0.1) is 24.2 Å². The van der Waals surface area contributed by atoms with Crippen LogP contribution in [0.15, 0.2) is 11.4 Å². The molecular weight excluding hydrogens is 196 g/mol. The van der Waals surface area contributed by atoms with E-state index in [1.54, 1.807) is 18.3 Å². The Kier molecular flexibility index (Phi) is 3.66. The summed E-state index contributed by atoms with van der Waals surface area (Å²) >= 11 is 1.55. The van der Waals surface area contributed by atoms with E-state index in [0.29, 0.717) is 12.1 Å². The predicted molar refractivity (Wildman–Crippen MR) is 56.2 cm³/mol. The van der Waals surface area contributed by atoms with Gasteiger partial charge < -0.3 is 5.32 Å². The van der Waals surface area contributed by atoms with Gasteiger partial charge in [-0.05, 0) is 19.9 Å². The van der Waals surface area contributed by atoms with Crippen molar-refractivity contribution < 1.29 is 4.79 Å². The molecule has 14 heavy (non-hydrogen) atoms. The Bertz CT molecular complexity index is 364. The molecule has 4 heteroatoms. The van der Waals surface area contributed by atoms with Gasteiger partial charge in [0, 0.05) is 16.8 Å². The zero-order valence-electron chi connectivity index (χ0n) is 8.20. The molecule has 3 nitrogen and oxygen atoms in total. The molecule has 1 unspecified atom stereocenters. The van der Waals surface area contributed by atoms with Gasteiger partial charge in [-0.1, -0.05) is 0 Å². The topological polar surface area (TPSA) is 52.9 Å². The highest BCUT2D eigenvalue weighted by Crippen LogP contribution is 2.12. The lowest BCUT2D eigenvalue weighted by Gasteiger charge is -2.03. The van der Waals surface area contributed by atoms with Crippen molar-refractivity contribution >= 4 is 17.2 Å². The van der Waals surface area contributed by atoms with Gasteiger partial charge in [-0.25, -0.2) is 0 Å². The first kappa shape index (κ1) is 10.7. The molecule has 1 heterocycles. The van der Waals surface area contributed by atoms with Crippen LogP contribution in [0.2, 0.25) is 0 Å². The Morgan fingerprint density at radius 2 is 2.50 bits per heavy atom. The summed E-state index contributed by atoms with van der Waals surface area (Å²) in [5.41, 5.74) is 0.678. The van der Waals surface area contributed by atoms with Gasteiger partial charge in [0.2, 0.25) is 0 Å². The molecular formula is C10H12N2OS. The first-order valence-corrected chi connectivity index (χ1v) is 5.24. The number of hydrogen-bond donors (Lipinski definition) is 1. The van der Waals surface area contributed by atoms with E-state index in [0.717, 1.165) is 4.88 Å². The van der Waals surface area contributed by atoms with Crippen molar-refractivity contribution in [2.45, 2.75) is 13.8 Å². The second-order valence-electron chi connectivity index (χ2n) is 3.19. The maximum Gasteiger partial charge on any atom is 0.252 e. The Hall–Kier alpha value is -1.34. The summed E-state index contributed by atoms with van der Waals surface area (Å²) < 4.78 is 0. The molecule has 0 spiro atoms. The lowest BCUT2D eigenvalue weighted by atomic mass is 10.2. The van der Waals surface area contributed by atoms with Crippen LogP contribution < -0.4 is 5.32 Å². The fraction of sp³-hybridized carbons (Fsp3) is 0.400. The van der Waals surface area contributed by atoms with E-state index in [4.69, 9.17) is 5.26 Å². The second kappa shape index (κ2) is 4.77. The molecule has 1 aromatic rings. The summed E-state index contributed by atoms with van der Waals surface area (Å²) in [6.07, 6.45) is 0. The summed E-state index contributed by atoms with van der Waals surface area (Å²) in [4.78, 5) is 12.6. The largest absolute Gasteiger partial charge is 0.351 e. The van der Waals surface area contributed by atoms with Crippen molar-refractivity contribution in [3.63, 3.8) is 0 Å². The van der Waals surface area contributed by atoms with Gasteiger partial charge in [-0.2, -0.15) is 5.26 Å². The van der Waals surface area contributed by atoms with Crippen molar-refractivity contribution in [1.82, 2.24) is 5.32 Å². The average Bonchev–Trinajstić information content (AvgIpc) is 2.60. The number of rotatable bonds is 3. The van der Waals surface area contributed by atoms with Gasteiger partial charge in [-0.3, -0.25) is 4.79 Å². The standard InChI is InChI=1S/C10H12N2OS/c1-7(4-11)5-12-10(13)9-3-8(2)14-6-9/h3,6-7H,5H2,1-2H3,(H,12,13). The number of nitrogens with one attached hydrogen (secondary N) is 1. The first-order valence-electron chi connectivity index (χ1n) is 4.36. The van der Waals surface area contributed by atoms with E-state index in [1.807, 2.05) is 18.4 Å². The number of carbonyl (C=O) groups is 1. The number of carbonyl (C=O) groups excluding carboxylic acids is 1. The Balaban J connectivity index is 2.48. The number of nitriles is 1. The quantitative estimate of drug-likeness (QED) is 0.825. The molecule has 1 amide bonds. The van der Waals surface area contributed by atoms with Crippen LogP contribution >= 0.6 is 11.3 Å². The average molecular weight is 208 g/mol. The molecule has 0 fully saturated rings. The van der Waals surface area contributed by atoms with E-state index in [2.05, 4.69) is 11.4 Å². The monoisotopic (exact) mass is 208 g/mol. The lowest BCUT2D eigenvalue weighted by molar-refractivity contribution is 0.0951. The molecule has 1 atom stereocenters. The summed E-state index contributed by atoms with van der Waals surface area (Å²) in [5, 5.41) is 13.1. The highest BCUT2D eigenvalue weighted by molar-refractivity contribution is 7.10. The summed E-state index contributed by atoms with van der Waals surface area (Å²) in [5.74, 6) is -0.241. The number of nitrogens with zero attached hydrogens (tertiary/aromatic N) is 1. The number of thiophene rings is 1. The van der Waals surface area contributed by atoms with E-state index in [9.17, 15) is 4.79 Å². The van der Waals surface area contributed by atoms with Crippen LogP contribution in [0.5, 0.6) is 0 Å². The summed E-state index contributed by atoms with van der Waals surface area (Å²) in [6.45, 7) is 4.14. The first-order chi connectivity index (χ1) is 6.63. The van der Waals surface area contributed by atoms with Gasteiger partial charge in [-0.15, -0.1) is 11.3 Å². The number of aryl methyl sites for hydroxylation is 1. The molecule has 1 aromatic heterocycles. The third-order valence-corrected chi connectivity index (χ3v) is 2.64. The van der Waals surface area contributed by atoms with Crippen LogP contribution in [0.25, 0.3) is 0 Å². The maximum atomic E-state index is 11.5. The van der Waals surface area contributed by atoms with Gasteiger partial charge in [0.1, 0.15) is 0 Å². The summed E-state index contributed by atoms with van der Waals surface area (Å²) in [7, 11) is 0. The Morgan fingerprint density at radius 1 is 1.79 bits per heavy atom. The third-order valence-electron chi connectivity index (χ3n) is 1.78. The molecule has 0 aliphatic carbocycles. The van der Waals surface area contributed by atoms with Gasteiger partial charge >= 0.3 is 0 Å². The second-order valence-corrected chi connectivity index (χ2v) is 4.30.